The monoisotopic (exact) mass is 515 g/mol. The molecule has 0 bridgehead atoms. The Morgan fingerprint density at radius 3 is 2.22 bits per heavy atom. The topological polar surface area (TPSA) is 74.3 Å². The lowest BCUT2D eigenvalue weighted by molar-refractivity contribution is -0.139. The van der Waals surface area contributed by atoms with Gasteiger partial charge in [-0.25, -0.2) is 9.59 Å². The predicted molar refractivity (Wildman–Crippen MR) is 127 cm³/mol. The number of halogens is 3. The molecular formula is C27H24F3NO6. The molecule has 1 spiro atoms. The van der Waals surface area contributed by atoms with Crippen LogP contribution in [0.4, 0.5) is 18.9 Å². The highest BCUT2D eigenvalue weighted by Gasteiger charge is 2.57. The van der Waals surface area contributed by atoms with Gasteiger partial charge in [0.15, 0.2) is 6.61 Å². The summed E-state index contributed by atoms with van der Waals surface area (Å²) in [6, 6.07) is 8.88. The third-order valence-electron chi connectivity index (χ3n) is 6.62. The van der Waals surface area contributed by atoms with E-state index in [1.807, 2.05) is 0 Å². The lowest BCUT2D eigenvalue weighted by Crippen LogP contribution is -2.58. The molecule has 3 aliphatic rings. The van der Waals surface area contributed by atoms with Crippen LogP contribution < -0.4 is 9.64 Å². The van der Waals surface area contributed by atoms with Gasteiger partial charge in [-0.15, -0.1) is 0 Å². The van der Waals surface area contributed by atoms with E-state index in [-0.39, 0.29) is 53.4 Å². The summed E-state index contributed by atoms with van der Waals surface area (Å²) in [5, 5.41) is 0. The van der Waals surface area contributed by atoms with Crippen molar-refractivity contribution in [1.29, 1.82) is 0 Å². The standard InChI is InChI=1S/C27H24F3NO6/c1-5-34-24(32)21-14(3)31-19-9-7-8-10-20(19)36-13-26(31)23-17(21)11-16(27(28,29)30)12-18(23)22(15(4)37-26)25(33)35-6-2/h7-12H,5-6,13H2,1-4H3. The first-order valence-corrected chi connectivity index (χ1v) is 11.8. The Hall–Kier alpha value is -3.95. The third-order valence-corrected chi connectivity index (χ3v) is 6.62. The summed E-state index contributed by atoms with van der Waals surface area (Å²) < 4.78 is 65.3. The highest BCUT2D eigenvalue weighted by atomic mass is 19.4. The number of para-hydroxylation sites is 2. The highest BCUT2D eigenvalue weighted by Crippen LogP contribution is 2.57. The first-order chi connectivity index (χ1) is 17.5. The van der Waals surface area contributed by atoms with Crippen LogP contribution in [-0.4, -0.2) is 31.8 Å². The molecule has 3 heterocycles. The van der Waals surface area contributed by atoms with E-state index in [1.165, 1.54) is 6.92 Å². The number of ether oxygens (including phenoxy) is 4. The van der Waals surface area contributed by atoms with Gasteiger partial charge in [0.1, 0.15) is 17.1 Å². The Balaban J connectivity index is 1.92. The van der Waals surface area contributed by atoms with Gasteiger partial charge in [0, 0.05) is 22.4 Å². The van der Waals surface area contributed by atoms with Gasteiger partial charge in [0.05, 0.1) is 30.0 Å². The molecule has 1 atom stereocenters. The van der Waals surface area contributed by atoms with Gasteiger partial charge in [0.25, 0.3) is 0 Å². The number of rotatable bonds is 4. The molecule has 0 aromatic heterocycles. The molecule has 0 saturated heterocycles. The number of hydrogen-bond donors (Lipinski definition) is 0. The lowest BCUT2D eigenvalue weighted by atomic mass is 9.77. The molecule has 0 N–H and O–H groups in total. The van der Waals surface area contributed by atoms with Gasteiger partial charge in [-0.05, 0) is 52.0 Å². The van der Waals surface area contributed by atoms with Crippen LogP contribution in [0.15, 0.2) is 47.9 Å². The van der Waals surface area contributed by atoms with Crippen LogP contribution in [0.3, 0.4) is 0 Å². The number of esters is 2. The van der Waals surface area contributed by atoms with Crippen molar-refractivity contribution in [1.82, 2.24) is 0 Å². The zero-order valence-electron chi connectivity index (χ0n) is 20.6. The summed E-state index contributed by atoms with van der Waals surface area (Å²) in [6.45, 7) is 6.25. The van der Waals surface area contributed by atoms with Crippen LogP contribution in [0.1, 0.15) is 49.9 Å². The van der Waals surface area contributed by atoms with Gasteiger partial charge in [-0.2, -0.15) is 13.2 Å². The second kappa shape index (κ2) is 8.57. The summed E-state index contributed by atoms with van der Waals surface area (Å²) >= 11 is 0. The molecule has 10 heteroatoms. The average Bonchev–Trinajstić information content (AvgIpc) is 2.83. The quantitative estimate of drug-likeness (QED) is 0.506. The van der Waals surface area contributed by atoms with Gasteiger partial charge < -0.3 is 18.9 Å². The molecule has 2 aromatic carbocycles. The molecule has 0 fully saturated rings. The van der Waals surface area contributed by atoms with Crippen LogP contribution in [0.5, 0.6) is 5.75 Å². The molecule has 2 aromatic rings. The van der Waals surface area contributed by atoms with Crippen molar-refractivity contribution < 1.29 is 41.7 Å². The zero-order chi connectivity index (χ0) is 26.7. The maximum Gasteiger partial charge on any atom is 0.416 e. The predicted octanol–water partition coefficient (Wildman–Crippen LogP) is 5.39. The second-order valence-electron chi connectivity index (χ2n) is 8.75. The summed E-state index contributed by atoms with van der Waals surface area (Å²) in [4.78, 5) is 28.0. The Morgan fingerprint density at radius 1 is 1.00 bits per heavy atom. The van der Waals surface area contributed by atoms with Crippen molar-refractivity contribution in [2.75, 3.05) is 24.7 Å². The number of hydrogen-bond acceptors (Lipinski definition) is 7. The minimum absolute atomic E-state index is 0.0115. The first-order valence-electron chi connectivity index (χ1n) is 11.8. The van der Waals surface area contributed by atoms with E-state index in [4.69, 9.17) is 18.9 Å². The molecule has 1 unspecified atom stereocenters. The number of benzene rings is 2. The Bertz CT molecular complexity index is 1390. The van der Waals surface area contributed by atoms with E-state index < -0.39 is 29.4 Å². The minimum atomic E-state index is -4.76. The van der Waals surface area contributed by atoms with Crippen LogP contribution in [0.2, 0.25) is 0 Å². The van der Waals surface area contributed by atoms with E-state index in [0.717, 1.165) is 12.1 Å². The van der Waals surface area contributed by atoms with Crippen molar-refractivity contribution in [2.24, 2.45) is 0 Å². The molecular weight excluding hydrogens is 491 g/mol. The van der Waals surface area contributed by atoms with Crippen LogP contribution in [0.25, 0.3) is 11.1 Å². The van der Waals surface area contributed by atoms with Crippen molar-refractivity contribution in [3.8, 4) is 5.75 Å². The van der Waals surface area contributed by atoms with E-state index >= 15 is 0 Å². The minimum Gasteiger partial charge on any atom is -0.485 e. The second-order valence-corrected chi connectivity index (χ2v) is 8.75. The fourth-order valence-corrected chi connectivity index (χ4v) is 5.30. The van der Waals surface area contributed by atoms with Gasteiger partial charge in [-0.1, -0.05) is 12.1 Å². The molecule has 0 amide bonds. The number of carbonyl (C=O) groups excluding carboxylic acids is 2. The molecule has 0 saturated carbocycles. The Morgan fingerprint density at radius 2 is 1.59 bits per heavy atom. The molecule has 7 nitrogen and oxygen atoms in total. The normalized spacial score (nSPS) is 19.8. The summed E-state index contributed by atoms with van der Waals surface area (Å²) in [7, 11) is 0. The lowest BCUT2D eigenvalue weighted by Gasteiger charge is -2.53. The number of nitrogens with zero attached hydrogens (tertiary/aromatic N) is 1. The van der Waals surface area contributed by atoms with Gasteiger partial charge in [-0.3, -0.25) is 4.90 Å². The summed E-state index contributed by atoms with van der Waals surface area (Å²) in [6.07, 6.45) is -4.76. The van der Waals surface area contributed by atoms with E-state index in [0.29, 0.717) is 17.1 Å². The van der Waals surface area contributed by atoms with Crippen molar-refractivity contribution >= 4 is 28.8 Å². The van der Waals surface area contributed by atoms with Gasteiger partial charge in [0.2, 0.25) is 5.72 Å². The summed E-state index contributed by atoms with van der Waals surface area (Å²) in [5.41, 5.74) is -1.67. The van der Waals surface area contributed by atoms with Crippen LogP contribution in [0, 0.1) is 0 Å². The SMILES string of the molecule is CCOC(=O)C1=C(C)OC23COc4ccccc4N2C(C)=C(C(=O)OCC)c2cc(C(F)(F)F)cc1c23. The van der Waals surface area contributed by atoms with Crippen LogP contribution in [-0.2, 0) is 35.7 Å². The van der Waals surface area contributed by atoms with E-state index in [2.05, 4.69) is 0 Å². The smallest absolute Gasteiger partial charge is 0.416 e. The fraction of sp³-hybridized carbons (Fsp3) is 0.333. The Kier molecular flexibility index (Phi) is 5.73. The zero-order valence-corrected chi connectivity index (χ0v) is 20.6. The molecule has 5 rings (SSSR count). The molecule has 3 aliphatic heterocycles. The number of fused-ring (bicyclic) bond motifs is 2. The molecule has 194 valence electrons. The number of anilines is 1. The van der Waals surface area contributed by atoms with Crippen molar-refractivity contribution in [2.45, 2.75) is 39.6 Å². The van der Waals surface area contributed by atoms with E-state index in [9.17, 15) is 22.8 Å². The molecule has 37 heavy (non-hydrogen) atoms. The maximum absolute atomic E-state index is 14.1. The van der Waals surface area contributed by atoms with Crippen molar-refractivity contribution in [3.63, 3.8) is 0 Å². The van der Waals surface area contributed by atoms with Crippen LogP contribution >= 0.6 is 0 Å². The highest BCUT2D eigenvalue weighted by molar-refractivity contribution is 6.22. The number of allylic oxidation sites excluding steroid dienone is 2. The van der Waals surface area contributed by atoms with Crippen molar-refractivity contribution in [3.05, 3.63) is 70.1 Å². The Labute approximate surface area is 211 Å². The fourth-order valence-electron chi connectivity index (χ4n) is 5.30. The summed E-state index contributed by atoms with van der Waals surface area (Å²) in [5.74, 6) is -1.03. The molecule has 0 radical (unpaired) electrons. The molecule has 0 aliphatic carbocycles. The largest absolute Gasteiger partial charge is 0.485 e. The maximum atomic E-state index is 14.1. The average molecular weight is 515 g/mol. The number of carbonyl (C=O) groups is 2. The third kappa shape index (κ3) is 3.57. The number of alkyl halides is 3. The van der Waals surface area contributed by atoms with E-state index in [1.54, 1.807) is 49.9 Å². The first kappa shape index (κ1) is 24.7. The van der Waals surface area contributed by atoms with Gasteiger partial charge >= 0.3 is 18.1 Å².